The third-order valence-corrected chi connectivity index (χ3v) is 2.43. The summed E-state index contributed by atoms with van der Waals surface area (Å²) in [5, 5.41) is 10.0. The maximum Gasteiger partial charge on any atom is 0.322 e. The first-order chi connectivity index (χ1) is 19.7. The molecule has 16 heteroatoms. The van der Waals surface area contributed by atoms with E-state index in [1.165, 1.54) is 12.1 Å². The molecule has 13 nitrogen and oxygen atoms in total. The highest BCUT2D eigenvalue weighted by atomic mass is 31.2. The Morgan fingerprint density at radius 1 is 0.512 bits per heavy atom. The summed E-state index contributed by atoms with van der Waals surface area (Å²) in [6.07, 6.45) is 0. The molecule has 0 aliphatic rings. The predicted octanol–water partition coefficient (Wildman–Crippen LogP) is 7.01. The fourth-order valence-electron chi connectivity index (χ4n) is 1.39. The number of nitrogens with two attached hydrogens (primary N) is 1. The summed E-state index contributed by atoms with van der Waals surface area (Å²) in [5.74, 6) is 0. The van der Waals surface area contributed by atoms with E-state index in [0.29, 0.717) is 0 Å². The zero-order chi connectivity index (χ0) is 35.5. The van der Waals surface area contributed by atoms with Gasteiger partial charge in [0.2, 0.25) is 0 Å². The molecule has 0 aromatic heterocycles. The minimum Gasteiger partial charge on any atom is -0.399 e. The number of rotatable bonds is 1. The van der Waals surface area contributed by atoms with Crippen LogP contribution >= 0.6 is 22.8 Å². The molecular weight excluding hydrogens is 621 g/mol. The Bertz CT molecular complexity index is 994. The molecule has 3 aromatic carbocycles. The first kappa shape index (κ1) is 52.9. The number of hydrogen-bond donors (Lipinski definition) is 7. The largest absolute Gasteiger partial charge is 0.399 e. The normalized spacial score (nSPS) is 8.91. The Hall–Kier alpha value is -2.69. The van der Waals surface area contributed by atoms with Crippen LogP contribution < -0.4 is 5.73 Å². The Morgan fingerprint density at radius 3 is 0.791 bits per heavy atom. The number of non-ortho nitro benzene ring substituents is 1. The van der Waals surface area contributed by atoms with Crippen molar-refractivity contribution in [3.05, 3.63) is 107 Å². The van der Waals surface area contributed by atoms with Gasteiger partial charge in [0.05, 0.1) is 4.92 Å². The van der Waals surface area contributed by atoms with Gasteiger partial charge in [-0.25, -0.2) is 0 Å². The minimum atomic E-state index is -3.64. The molecule has 8 N–H and O–H groups in total. The van der Waals surface area contributed by atoms with Crippen LogP contribution in [0, 0.1) is 10.1 Å². The Balaban J connectivity index is -0.0000000935. The zero-order valence-electron chi connectivity index (χ0n) is 26.3. The van der Waals surface area contributed by atoms with E-state index in [2.05, 4.69) is 0 Å². The van der Waals surface area contributed by atoms with Crippen molar-refractivity contribution in [2.45, 2.75) is 41.5 Å². The molecule has 0 amide bonds. The van der Waals surface area contributed by atoms with Gasteiger partial charge in [0.25, 0.3) is 5.69 Å². The standard InChI is InChI=1S/C6H5NO2.C6H7N.C6H6.3C2H6.3CH5O3P/c8-7(9)6-4-2-1-3-5-6;7-6-4-2-1-3-5-6;1-2-4-6-5-3-1;3*1-2;3*1-5(2,3)4/h1-5H;1-5H,7H2;1-6H;3*1-2H3;3*1H3,(H2,2,3,4). The van der Waals surface area contributed by atoms with Gasteiger partial charge in [0, 0.05) is 37.8 Å². The fourth-order valence-corrected chi connectivity index (χ4v) is 1.39. The quantitative estimate of drug-likeness (QED) is 0.0597. The molecule has 0 heterocycles. The first-order valence-corrected chi connectivity index (χ1v) is 19.0. The van der Waals surface area contributed by atoms with Gasteiger partial charge in [-0.05, 0) is 12.1 Å². The summed E-state index contributed by atoms with van der Waals surface area (Å²) in [6.45, 7) is 14.6. The van der Waals surface area contributed by atoms with Crippen molar-refractivity contribution in [2.24, 2.45) is 0 Å². The first-order valence-electron chi connectivity index (χ1n) is 12.8. The zero-order valence-corrected chi connectivity index (χ0v) is 29.0. The lowest BCUT2D eigenvalue weighted by molar-refractivity contribution is -0.384. The van der Waals surface area contributed by atoms with Crippen molar-refractivity contribution in [1.29, 1.82) is 0 Å². The van der Waals surface area contributed by atoms with Gasteiger partial charge in [-0.15, -0.1) is 0 Å². The van der Waals surface area contributed by atoms with Gasteiger partial charge in [-0.1, -0.05) is 114 Å². The van der Waals surface area contributed by atoms with Gasteiger partial charge in [0.1, 0.15) is 0 Å². The van der Waals surface area contributed by atoms with Gasteiger partial charge in [0.15, 0.2) is 0 Å². The summed E-state index contributed by atoms with van der Waals surface area (Å²) in [4.78, 5) is 55.4. The number of para-hydroxylation sites is 2. The van der Waals surface area contributed by atoms with Crippen LogP contribution in [-0.2, 0) is 13.7 Å². The highest BCUT2D eigenvalue weighted by Gasteiger charge is 1.98. The van der Waals surface area contributed by atoms with E-state index in [0.717, 1.165) is 25.7 Å². The minimum absolute atomic E-state index is 0.137. The van der Waals surface area contributed by atoms with Crippen molar-refractivity contribution >= 4 is 34.2 Å². The van der Waals surface area contributed by atoms with Crippen molar-refractivity contribution in [3.8, 4) is 0 Å². The molecule has 0 saturated carbocycles. The van der Waals surface area contributed by atoms with Crippen LogP contribution in [0.2, 0.25) is 0 Å². The van der Waals surface area contributed by atoms with E-state index in [-0.39, 0.29) is 5.69 Å². The van der Waals surface area contributed by atoms with E-state index in [1.54, 1.807) is 18.2 Å². The van der Waals surface area contributed by atoms with Gasteiger partial charge in [-0.3, -0.25) is 23.8 Å². The molecule has 3 rings (SSSR count). The second-order valence-corrected chi connectivity index (χ2v) is 11.7. The van der Waals surface area contributed by atoms with Crippen molar-refractivity contribution in [2.75, 3.05) is 25.7 Å². The second kappa shape index (κ2) is 35.5. The average molecular weight is 673 g/mol. The number of benzene rings is 3. The third-order valence-electron chi connectivity index (χ3n) is 2.43. The number of nitrogen functional groups attached to an aromatic ring is 1. The lowest BCUT2D eigenvalue weighted by Gasteiger charge is -1.85. The maximum absolute atomic E-state index is 10.0. The average Bonchev–Trinajstić information content (AvgIpc) is 2.92. The fraction of sp³-hybridized carbons (Fsp3) is 0.333. The lowest BCUT2D eigenvalue weighted by Crippen LogP contribution is -1.84. The van der Waals surface area contributed by atoms with E-state index < -0.39 is 27.7 Å². The summed E-state index contributed by atoms with van der Waals surface area (Å²) in [7, 11) is -10.9. The molecule has 0 bridgehead atoms. The van der Waals surface area contributed by atoms with Gasteiger partial charge in [-0.2, -0.15) is 0 Å². The number of nitro benzene ring substituents is 1. The Labute approximate surface area is 256 Å². The van der Waals surface area contributed by atoms with Crippen molar-refractivity contribution in [1.82, 2.24) is 0 Å². The van der Waals surface area contributed by atoms with E-state index in [4.69, 9.17) is 35.1 Å². The number of nitro groups is 1. The number of nitrogens with zero attached hydrogens (tertiary/aromatic N) is 1. The van der Waals surface area contributed by atoms with Crippen LogP contribution in [0.5, 0.6) is 0 Å². The molecule has 3 aromatic rings. The van der Waals surface area contributed by atoms with Crippen LogP contribution in [0.4, 0.5) is 11.4 Å². The van der Waals surface area contributed by atoms with Crippen molar-refractivity contribution < 1.29 is 48.0 Å². The molecular formula is C27H51N2O11P3. The summed E-state index contributed by atoms with van der Waals surface area (Å²) in [5.41, 5.74) is 6.32. The highest BCUT2D eigenvalue weighted by Crippen LogP contribution is 2.27. The topological polar surface area (TPSA) is 242 Å². The molecule has 0 fully saturated rings. The van der Waals surface area contributed by atoms with Crippen LogP contribution in [-0.4, -0.2) is 54.3 Å². The second-order valence-electron chi connectivity index (χ2n) is 6.66. The summed E-state index contributed by atoms with van der Waals surface area (Å²) >= 11 is 0. The summed E-state index contributed by atoms with van der Waals surface area (Å²) in [6, 6.07) is 29.4. The molecule has 0 unspecified atom stereocenters. The monoisotopic (exact) mass is 672 g/mol. The molecule has 0 aliphatic heterocycles. The molecule has 43 heavy (non-hydrogen) atoms. The highest BCUT2D eigenvalue weighted by molar-refractivity contribution is 7.51. The van der Waals surface area contributed by atoms with E-state index >= 15 is 0 Å². The van der Waals surface area contributed by atoms with Gasteiger partial charge < -0.3 is 35.1 Å². The van der Waals surface area contributed by atoms with E-state index in [1.807, 2.05) is 108 Å². The smallest absolute Gasteiger partial charge is 0.322 e. The summed E-state index contributed by atoms with van der Waals surface area (Å²) < 4.78 is 28.0. The van der Waals surface area contributed by atoms with E-state index in [9.17, 15) is 23.8 Å². The Morgan fingerprint density at radius 2 is 0.674 bits per heavy atom. The molecule has 250 valence electrons. The number of anilines is 1. The van der Waals surface area contributed by atoms with Crippen LogP contribution in [0.15, 0.2) is 97.1 Å². The molecule has 0 radical (unpaired) electrons. The molecule has 0 aliphatic carbocycles. The maximum atomic E-state index is 10.0. The molecule has 0 atom stereocenters. The number of hydrogen-bond acceptors (Lipinski definition) is 6. The van der Waals surface area contributed by atoms with Crippen LogP contribution in [0.1, 0.15) is 41.5 Å². The van der Waals surface area contributed by atoms with Crippen LogP contribution in [0.25, 0.3) is 0 Å². The third kappa shape index (κ3) is 101. The van der Waals surface area contributed by atoms with Gasteiger partial charge >= 0.3 is 22.8 Å². The molecule has 0 saturated heterocycles. The van der Waals surface area contributed by atoms with Crippen molar-refractivity contribution in [3.63, 3.8) is 0 Å². The van der Waals surface area contributed by atoms with Crippen LogP contribution in [0.3, 0.4) is 0 Å². The lowest BCUT2D eigenvalue weighted by atomic mass is 10.3. The SMILES string of the molecule is CC.CC.CC.CP(=O)(O)O.CP(=O)(O)O.CP(=O)(O)O.Nc1ccccc1.O=[N+]([O-])c1ccccc1.c1ccccc1. The predicted molar refractivity (Wildman–Crippen MR) is 178 cm³/mol. The molecule has 0 spiro atoms. The Kier molecular flexibility index (Phi) is 43.7.